The van der Waals surface area contributed by atoms with E-state index in [1.807, 2.05) is 0 Å². The van der Waals surface area contributed by atoms with Crippen LogP contribution in [-0.2, 0) is 21.4 Å². The first-order valence-corrected chi connectivity index (χ1v) is 10.1. The molecule has 150 valence electrons. The summed E-state index contributed by atoms with van der Waals surface area (Å²) >= 11 is 0. The van der Waals surface area contributed by atoms with Crippen molar-refractivity contribution in [2.45, 2.75) is 24.3 Å². The molecular weight excluding hydrogens is 385 g/mol. The molecule has 2 rings (SSSR count). The summed E-state index contributed by atoms with van der Waals surface area (Å²) < 4.78 is 38.4. The molecule has 2 aromatic rings. The maximum absolute atomic E-state index is 12.8. The van der Waals surface area contributed by atoms with E-state index in [9.17, 15) is 22.4 Å². The molecule has 3 N–H and O–H groups in total. The highest BCUT2D eigenvalue weighted by atomic mass is 32.2. The second-order valence-corrected chi connectivity index (χ2v) is 7.88. The summed E-state index contributed by atoms with van der Waals surface area (Å²) in [5.74, 6) is -0.911. The standard InChI is InChI=1S/C19H22FN3O4S/c1-21-28(26,27)17-10-4-14(5-11-17)13-23-18(24)3-2-12-22-19(25)15-6-8-16(20)9-7-15/h4-11,21H,2-3,12-13H2,1H3,(H,22,25)(H,23,24). The van der Waals surface area contributed by atoms with Crippen molar-refractivity contribution in [1.29, 1.82) is 0 Å². The van der Waals surface area contributed by atoms with Gasteiger partial charge in [-0.25, -0.2) is 17.5 Å². The lowest BCUT2D eigenvalue weighted by Crippen LogP contribution is -2.27. The van der Waals surface area contributed by atoms with Crippen LogP contribution in [0.4, 0.5) is 4.39 Å². The minimum absolute atomic E-state index is 0.155. The Hall–Kier alpha value is -2.78. The van der Waals surface area contributed by atoms with Crippen LogP contribution in [0.25, 0.3) is 0 Å². The molecule has 0 saturated carbocycles. The lowest BCUT2D eigenvalue weighted by atomic mass is 10.2. The van der Waals surface area contributed by atoms with E-state index in [4.69, 9.17) is 0 Å². The van der Waals surface area contributed by atoms with E-state index < -0.39 is 15.8 Å². The highest BCUT2D eigenvalue weighted by Gasteiger charge is 2.10. The molecule has 2 aromatic carbocycles. The Morgan fingerprint density at radius 3 is 2.21 bits per heavy atom. The van der Waals surface area contributed by atoms with Gasteiger partial charge < -0.3 is 10.6 Å². The molecule has 0 radical (unpaired) electrons. The first kappa shape index (κ1) is 21.5. The Kier molecular flexibility index (Phi) is 7.65. The first-order chi connectivity index (χ1) is 13.3. The van der Waals surface area contributed by atoms with Gasteiger partial charge in [0, 0.05) is 25.1 Å². The Labute approximate surface area is 163 Å². The number of nitrogens with one attached hydrogen (secondary N) is 3. The molecule has 7 nitrogen and oxygen atoms in total. The average molecular weight is 407 g/mol. The number of amides is 2. The molecular formula is C19H22FN3O4S. The van der Waals surface area contributed by atoms with Gasteiger partial charge in [0.25, 0.3) is 5.91 Å². The molecule has 2 amide bonds. The molecule has 0 aliphatic heterocycles. The van der Waals surface area contributed by atoms with Crippen LogP contribution >= 0.6 is 0 Å². The van der Waals surface area contributed by atoms with E-state index in [-0.39, 0.29) is 29.7 Å². The predicted octanol–water partition coefficient (Wildman–Crippen LogP) is 1.56. The Balaban J connectivity index is 1.69. The van der Waals surface area contributed by atoms with E-state index in [0.29, 0.717) is 18.5 Å². The quantitative estimate of drug-likeness (QED) is 0.549. The van der Waals surface area contributed by atoms with Crippen molar-refractivity contribution in [1.82, 2.24) is 15.4 Å². The molecule has 0 aliphatic rings. The lowest BCUT2D eigenvalue weighted by Gasteiger charge is -2.08. The number of halogens is 1. The van der Waals surface area contributed by atoms with Gasteiger partial charge in [-0.1, -0.05) is 12.1 Å². The van der Waals surface area contributed by atoms with Crippen molar-refractivity contribution in [3.63, 3.8) is 0 Å². The van der Waals surface area contributed by atoms with Crippen molar-refractivity contribution in [3.8, 4) is 0 Å². The fraction of sp³-hybridized carbons (Fsp3) is 0.263. The second-order valence-electron chi connectivity index (χ2n) is 5.99. The Morgan fingerprint density at radius 1 is 0.964 bits per heavy atom. The van der Waals surface area contributed by atoms with Crippen LogP contribution in [0, 0.1) is 5.82 Å². The SMILES string of the molecule is CNS(=O)(=O)c1ccc(CNC(=O)CCCNC(=O)c2ccc(F)cc2)cc1. The van der Waals surface area contributed by atoms with Crippen molar-refractivity contribution in [3.05, 3.63) is 65.5 Å². The van der Waals surface area contributed by atoms with E-state index in [1.165, 1.54) is 43.4 Å². The van der Waals surface area contributed by atoms with Crippen LogP contribution in [-0.4, -0.2) is 33.8 Å². The molecule has 0 aromatic heterocycles. The van der Waals surface area contributed by atoms with Crippen molar-refractivity contribution in [2.75, 3.05) is 13.6 Å². The van der Waals surface area contributed by atoms with Crippen LogP contribution < -0.4 is 15.4 Å². The van der Waals surface area contributed by atoms with E-state index in [0.717, 1.165) is 5.56 Å². The maximum Gasteiger partial charge on any atom is 0.251 e. The van der Waals surface area contributed by atoms with Crippen LogP contribution in [0.15, 0.2) is 53.4 Å². The summed E-state index contributed by atoms with van der Waals surface area (Å²) in [6.45, 7) is 0.598. The fourth-order valence-corrected chi connectivity index (χ4v) is 3.08. The molecule has 0 unspecified atom stereocenters. The molecule has 0 heterocycles. The number of rotatable bonds is 9. The van der Waals surface area contributed by atoms with Crippen molar-refractivity contribution < 1.29 is 22.4 Å². The van der Waals surface area contributed by atoms with Crippen LogP contribution in [0.1, 0.15) is 28.8 Å². The van der Waals surface area contributed by atoms with Crippen LogP contribution in [0.3, 0.4) is 0 Å². The first-order valence-electron chi connectivity index (χ1n) is 8.65. The third-order valence-electron chi connectivity index (χ3n) is 3.96. The lowest BCUT2D eigenvalue weighted by molar-refractivity contribution is -0.121. The monoisotopic (exact) mass is 407 g/mol. The second kappa shape index (κ2) is 9.95. The van der Waals surface area contributed by atoms with Crippen LogP contribution in [0.2, 0.25) is 0 Å². The average Bonchev–Trinajstić information content (AvgIpc) is 2.70. The summed E-state index contributed by atoms with van der Waals surface area (Å²) in [5.41, 5.74) is 1.13. The zero-order chi connectivity index (χ0) is 20.6. The normalized spacial score (nSPS) is 11.1. The maximum atomic E-state index is 12.8. The minimum atomic E-state index is -3.48. The fourth-order valence-electron chi connectivity index (χ4n) is 2.35. The number of carbonyl (C=O) groups is 2. The van der Waals surface area contributed by atoms with Gasteiger partial charge in [-0.15, -0.1) is 0 Å². The summed E-state index contributed by atoms with van der Waals surface area (Å²) in [7, 11) is -2.14. The largest absolute Gasteiger partial charge is 0.352 e. The summed E-state index contributed by atoms with van der Waals surface area (Å²) in [6, 6.07) is 11.4. The summed E-state index contributed by atoms with van der Waals surface area (Å²) in [6.07, 6.45) is 0.689. The number of benzene rings is 2. The van der Waals surface area contributed by atoms with E-state index in [2.05, 4.69) is 15.4 Å². The molecule has 0 saturated heterocycles. The van der Waals surface area contributed by atoms with Crippen LogP contribution in [0.5, 0.6) is 0 Å². The van der Waals surface area contributed by atoms with E-state index in [1.54, 1.807) is 12.1 Å². The highest BCUT2D eigenvalue weighted by molar-refractivity contribution is 7.89. The summed E-state index contributed by atoms with van der Waals surface area (Å²) in [4.78, 5) is 23.9. The Morgan fingerprint density at radius 2 is 1.61 bits per heavy atom. The van der Waals surface area contributed by atoms with Gasteiger partial charge in [-0.05, 0) is 55.4 Å². The van der Waals surface area contributed by atoms with Crippen molar-refractivity contribution >= 4 is 21.8 Å². The number of sulfonamides is 1. The van der Waals surface area contributed by atoms with Gasteiger partial charge in [-0.2, -0.15) is 0 Å². The van der Waals surface area contributed by atoms with Gasteiger partial charge in [0.05, 0.1) is 4.90 Å². The predicted molar refractivity (Wildman–Crippen MR) is 103 cm³/mol. The van der Waals surface area contributed by atoms with Gasteiger partial charge in [0.1, 0.15) is 5.82 Å². The molecule has 0 aliphatic carbocycles. The molecule has 9 heteroatoms. The zero-order valence-corrected chi connectivity index (χ0v) is 16.2. The molecule has 0 fully saturated rings. The molecule has 0 spiro atoms. The number of hydrogen-bond donors (Lipinski definition) is 3. The molecule has 0 atom stereocenters. The smallest absolute Gasteiger partial charge is 0.251 e. The van der Waals surface area contributed by atoms with Gasteiger partial charge in [0.15, 0.2) is 0 Å². The minimum Gasteiger partial charge on any atom is -0.352 e. The van der Waals surface area contributed by atoms with Crippen molar-refractivity contribution in [2.24, 2.45) is 0 Å². The molecule has 28 heavy (non-hydrogen) atoms. The van der Waals surface area contributed by atoms with Gasteiger partial charge in [-0.3, -0.25) is 9.59 Å². The third kappa shape index (κ3) is 6.43. The number of carbonyl (C=O) groups excluding carboxylic acids is 2. The zero-order valence-electron chi connectivity index (χ0n) is 15.4. The summed E-state index contributed by atoms with van der Waals surface area (Å²) in [5, 5.41) is 5.41. The topological polar surface area (TPSA) is 104 Å². The number of hydrogen-bond acceptors (Lipinski definition) is 4. The third-order valence-corrected chi connectivity index (χ3v) is 5.39. The van der Waals surface area contributed by atoms with Gasteiger partial charge >= 0.3 is 0 Å². The van der Waals surface area contributed by atoms with Gasteiger partial charge in [0.2, 0.25) is 15.9 Å². The Bertz CT molecular complexity index is 913. The molecule has 0 bridgehead atoms. The van der Waals surface area contributed by atoms with E-state index >= 15 is 0 Å². The highest BCUT2D eigenvalue weighted by Crippen LogP contribution is 2.10.